The number of nitrogens with zero attached hydrogens (tertiary/aromatic N) is 2. The largest absolute Gasteiger partial charge is 0.396 e. The summed E-state index contributed by atoms with van der Waals surface area (Å²) in [7, 11) is 0. The summed E-state index contributed by atoms with van der Waals surface area (Å²) in [5.41, 5.74) is 1.08. The Bertz CT molecular complexity index is 344. The molecule has 3 heteroatoms. The van der Waals surface area contributed by atoms with Crippen LogP contribution in [-0.2, 0) is 6.42 Å². The summed E-state index contributed by atoms with van der Waals surface area (Å²) in [4.78, 5) is 0. The minimum absolute atomic E-state index is 0.0259. The lowest BCUT2D eigenvalue weighted by atomic mass is 9.82. The van der Waals surface area contributed by atoms with Gasteiger partial charge in [-0.1, -0.05) is 34.1 Å². The molecule has 0 bridgehead atoms. The highest BCUT2D eigenvalue weighted by Gasteiger charge is 2.24. The van der Waals surface area contributed by atoms with Gasteiger partial charge in [0.15, 0.2) is 0 Å². The molecule has 0 aromatic carbocycles. The first-order valence-corrected chi connectivity index (χ1v) is 7.23. The molecule has 1 N–H and O–H groups in total. The summed E-state index contributed by atoms with van der Waals surface area (Å²) in [5, 5.41) is 14.2. The second-order valence-corrected chi connectivity index (χ2v) is 5.65. The normalized spacial score (nSPS) is 15.0. The van der Waals surface area contributed by atoms with Gasteiger partial charge in [0.05, 0.1) is 11.7 Å². The van der Waals surface area contributed by atoms with Gasteiger partial charge in [0, 0.05) is 12.8 Å². The van der Waals surface area contributed by atoms with Gasteiger partial charge in [-0.15, -0.1) is 0 Å². The van der Waals surface area contributed by atoms with Crippen molar-refractivity contribution >= 4 is 0 Å². The number of aliphatic hydroxyl groups excluding tert-OH is 1. The van der Waals surface area contributed by atoms with Crippen LogP contribution in [-0.4, -0.2) is 21.5 Å². The summed E-state index contributed by atoms with van der Waals surface area (Å²) in [6.45, 7) is 8.94. The van der Waals surface area contributed by atoms with Gasteiger partial charge in [-0.3, -0.25) is 4.68 Å². The van der Waals surface area contributed by atoms with Crippen LogP contribution >= 0.6 is 0 Å². The van der Waals surface area contributed by atoms with Crippen LogP contribution in [0.4, 0.5) is 0 Å². The van der Waals surface area contributed by atoms with E-state index in [9.17, 15) is 5.11 Å². The van der Waals surface area contributed by atoms with Gasteiger partial charge in [-0.05, 0) is 37.2 Å². The quantitative estimate of drug-likeness (QED) is 0.768. The summed E-state index contributed by atoms with van der Waals surface area (Å²) in [5.74, 6) is 0. The highest BCUT2D eigenvalue weighted by Crippen LogP contribution is 2.27. The molecule has 0 aliphatic heterocycles. The molecule has 1 unspecified atom stereocenters. The van der Waals surface area contributed by atoms with Crippen molar-refractivity contribution in [1.29, 1.82) is 0 Å². The molecule has 0 fully saturated rings. The molecule has 0 aliphatic carbocycles. The topological polar surface area (TPSA) is 38.0 Å². The zero-order valence-electron chi connectivity index (χ0n) is 12.3. The van der Waals surface area contributed by atoms with Crippen molar-refractivity contribution in [3.05, 3.63) is 18.0 Å². The van der Waals surface area contributed by atoms with Gasteiger partial charge in [0.2, 0.25) is 0 Å². The van der Waals surface area contributed by atoms with E-state index >= 15 is 0 Å². The van der Waals surface area contributed by atoms with E-state index in [2.05, 4.69) is 49.7 Å². The minimum atomic E-state index is -0.0259. The lowest BCUT2D eigenvalue weighted by Crippen LogP contribution is -2.24. The van der Waals surface area contributed by atoms with E-state index in [1.54, 1.807) is 0 Å². The Labute approximate surface area is 111 Å². The molecule has 0 aliphatic rings. The Morgan fingerprint density at radius 3 is 2.50 bits per heavy atom. The van der Waals surface area contributed by atoms with E-state index in [1.165, 1.54) is 0 Å². The van der Waals surface area contributed by atoms with Crippen LogP contribution in [0.5, 0.6) is 0 Å². The average molecular weight is 252 g/mol. The first kappa shape index (κ1) is 15.2. The van der Waals surface area contributed by atoms with E-state index in [1.807, 2.05) is 0 Å². The zero-order valence-corrected chi connectivity index (χ0v) is 12.3. The standard InChI is InChI=1S/C15H28N2O/c1-5-9-15(4,12-18)11-13-8-10-17(16-13)14(6-2)7-3/h8,10,14,18H,5-7,9,11-12H2,1-4H3. The third-order valence-corrected chi connectivity index (χ3v) is 3.82. The van der Waals surface area contributed by atoms with Gasteiger partial charge in [0.25, 0.3) is 0 Å². The second kappa shape index (κ2) is 6.93. The lowest BCUT2D eigenvalue weighted by Gasteiger charge is -2.25. The van der Waals surface area contributed by atoms with Crippen LogP contribution in [0, 0.1) is 5.41 Å². The second-order valence-electron chi connectivity index (χ2n) is 5.65. The summed E-state index contributed by atoms with van der Waals surface area (Å²) in [6.07, 6.45) is 7.32. The molecule has 1 aromatic heterocycles. The first-order valence-electron chi connectivity index (χ1n) is 7.23. The average Bonchev–Trinajstić information content (AvgIpc) is 2.79. The SMILES string of the molecule is CCCC(C)(CO)Cc1ccn(C(CC)CC)n1. The predicted molar refractivity (Wildman–Crippen MR) is 75.7 cm³/mol. The molecule has 3 nitrogen and oxygen atoms in total. The van der Waals surface area contributed by atoms with E-state index in [4.69, 9.17) is 0 Å². The number of hydrogen-bond acceptors (Lipinski definition) is 2. The molecular weight excluding hydrogens is 224 g/mol. The maximum atomic E-state index is 9.55. The molecule has 18 heavy (non-hydrogen) atoms. The molecular formula is C15H28N2O. The molecule has 0 saturated carbocycles. The monoisotopic (exact) mass is 252 g/mol. The van der Waals surface area contributed by atoms with E-state index in [-0.39, 0.29) is 12.0 Å². The molecule has 0 amide bonds. The molecule has 0 radical (unpaired) electrons. The van der Waals surface area contributed by atoms with Crippen LogP contribution in [0.1, 0.15) is 65.1 Å². The number of aliphatic hydroxyl groups is 1. The van der Waals surface area contributed by atoms with Crippen molar-refractivity contribution in [1.82, 2.24) is 9.78 Å². The van der Waals surface area contributed by atoms with E-state index < -0.39 is 0 Å². The maximum absolute atomic E-state index is 9.55. The third-order valence-electron chi connectivity index (χ3n) is 3.82. The van der Waals surface area contributed by atoms with Crippen molar-refractivity contribution in [2.45, 2.75) is 65.8 Å². The molecule has 0 spiro atoms. The van der Waals surface area contributed by atoms with Crippen LogP contribution < -0.4 is 0 Å². The first-order chi connectivity index (χ1) is 8.58. The smallest absolute Gasteiger partial charge is 0.0631 e. The minimum Gasteiger partial charge on any atom is -0.396 e. The van der Waals surface area contributed by atoms with Crippen molar-refractivity contribution < 1.29 is 5.11 Å². The van der Waals surface area contributed by atoms with Gasteiger partial charge >= 0.3 is 0 Å². The summed E-state index contributed by atoms with van der Waals surface area (Å²) in [6, 6.07) is 2.60. The lowest BCUT2D eigenvalue weighted by molar-refractivity contribution is 0.130. The molecule has 1 heterocycles. The van der Waals surface area contributed by atoms with Gasteiger partial charge < -0.3 is 5.11 Å². The fraction of sp³-hybridized carbons (Fsp3) is 0.800. The highest BCUT2D eigenvalue weighted by molar-refractivity contribution is 5.03. The third kappa shape index (κ3) is 3.84. The fourth-order valence-electron chi connectivity index (χ4n) is 2.60. The van der Waals surface area contributed by atoms with E-state index in [0.29, 0.717) is 6.04 Å². The van der Waals surface area contributed by atoms with Crippen LogP contribution in [0.15, 0.2) is 12.3 Å². The Balaban J connectivity index is 2.73. The Morgan fingerprint density at radius 1 is 1.33 bits per heavy atom. The number of rotatable bonds is 8. The van der Waals surface area contributed by atoms with Crippen LogP contribution in [0.25, 0.3) is 0 Å². The number of hydrogen-bond donors (Lipinski definition) is 1. The summed E-state index contributed by atoms with van der Waals surface area (Å²) >= 11 is 0. The fourth-order valence-corrected chi connectivity index (χ4v) is 2.60. The van der Waals surface area contributed by atoms with Crippen molar-refractivity contribution in [2.75, 3.05) is 6.61 Å². The van der Waals surface area contributed by atoms with Crippen LogP contribution in [0.3, 0.4) is 0 Å². The molecule has 1 rings (SSSR count). The maximum Gasteiger partial charge on any atom is 0.0631 e. The number of aromatic nitrogens is 2. The highest BCUT2D eigenvalue weighted by atomic mass is 16.3. The van der Waals surface area contributed by atoms with Crippen molar-refractivity contribution in [2.24, 2.45) is 5.41 Å². The van der Waals surface area contributed by atoms with Crippen molar-refractivity contribution in [3.63, 3.8) is 0 Å². The van der Waals surface area contributed by atoms with Crippen molar-refractivity contribution in [3.8, 4) is 0 Å². The van der Waals surface area contributed by atoms with E-state index in [0.717, 1.165) is 37.8 Å². The van der Waals surface area contributed by atoms with Gasteiger partial charge in [-0.25, -0.2) is 0 Å². The Morgan fingerprint density at radius 2 is 2.00 bits per heavy atom. The Kier molecular flexibility index (Phi) is 5.86. The molecule has 104 valence electrons. The molecule has 0 saturated heterocycles. The van der Waals surface area contributed by atoms with Gasteiger partial charge in [0.1, 0.15) is 0 Å². The zero-order chi connectivity index (χ0) is 13.6. The van der Waals surface area contributed by atoms with Crippen LogP contribution in [0.2, 0.25) is 0 Å². The van der Waals surface area contributed by atoms with Gasteiger partial charge in [-0.2, -0.15) is 5.10 Å². The predicted octanol–water partition coefficient (Wildman–Crippen LogP) is 3.59. The molecule has 1 atom stereocenters. The Hall–Kier alpha value is -0.830. The summed E-state index contributed by atoms with van der Waals surface area (Å²) < 4.78 is 2.08. The molecule has 1 aromatic rings.